The Morgan fingerprint density at radius 1 is 0.960 bits per heavy atom. The number of hydrogen-bond acceptors (Lipinski definition) is 4. The predicted molar refractivity (Wildman–Crippen MR) is 100 cm³/mol. The van der Waals surface area contributed by atoms with Gasteiger partial charge in [-0.1, -0.05) is 25.7 Å². The molecule has 3 aliphatic rings. The van der Waals surface area contributed by atoms with Gasteiger partial charge in [-0.25, -0.2) is 13.1 Å². The maximum Gasteiger partial charge on any atom is 0.240 e. The molecule has 3 atom stereocenters. The van der Waals surface area contributed by atoms with Gasteiger partial charge < -0.3 is 10.6 Å². The summed E-state index contributed by atoms with van der Waals surface area (Å²) >= 11 is 0. The van der Waals surface area contributed by atoms with Gasteiger partial charge in [0.1, 0.15) is 0 Å². The molecule has 1 aliphatic heterocycles. The van der Waals surface area contributed by atoms with Gasteiger partial charge in [-0.3, -0.25) is 0 Å². The van der Waals surface area contributed by atoms with Crippen LogP contribution in [-0.4, -0.2) is 33.6 Å². The van der Waals surface area contributed by atoms with Crippen LogP contribution in [0.1, 0.15) is 44.9 Å². The summed E-state index contributed by atoms with van der Waals surface area (Å²) in [7, 11) is -3.44. The van der Waals surface area contributed by atoms with E-state index in [1.54, 1.807) is 12.1 Å². The lowest BCUT2D eigenvalue weighted by atomic mass is 10.1. The monoisotopic (exact) mass is 363 g/mol. The predicted octanol–water partition coefficient (Wildman–Crippen LogP) is 2.47. The van der Waals surface area contributed by atoms with Crippen molar-refractivity contribution in [3.05, 3.63) is 24.3 Å². The molecule has 0 amide bonds. The lowest BCUT2D eigenvalue weighted by Crippen LogP contribution is -2.55. The van der Waals surface area contributed by atoms with Crippen molar-refractivity contribution in [1.29, 1.82) is 0 Å². The van der Waals surface area contributed by atoms with Crippen molar-refractivity contribution in [3.8, 4) is 0 Å². The third-order valence-electron chi connectivity index (χ3n) is 6.03. The van der Waals surface area contributed by atoms with Crippen molar-refractivity contribution >= 4 is 15.7 Å². The lowest BCUT2D eigenvalue weighted by molar-refractivity contribution is 0.466. The summed E-state index contributed by atoms with van der Waals surface area (Å²) in [5, 5.41) is 0. The van der Waals surface area contributed by atoms with Crippen LogP contribution in [0.3, 0.4) is 0 Å². The summed E-state index contributed by atoms with van der Waals surface area (Å²) in [6, 6.07) is 7.54. The quantitative estimate of drug-likeness (QED) is 0.862. The average Bonchev–Trinajstić information content (AvgIpc) is 3.28. The van der Waals surface area contributed by atoms with Gasteiger partial charge in [0, 0.05) is 30.9 Å². The molecule has 0 aromatic heterocycles. The maximum atomic E-state index is 12.8. The number of nitrogens with zero attached hydrogens (tertiary/aromatic N) is 1. The van der Waals surface area contributed by atoms with E-state index >= 15 is 0 Å². The van der Waals surface area contributed by atoms with Gasteiger partial charge in [0.15, 0.2) is 0 Å². The first-order valence-corrected chi connectivity index (χ1v) is 11.1. The zero-order valence-electron chi connectivity index (χ0n) is 14.7. The molecule has 1 saturated heterocycles. The van der Waals surface area contributed by atoms with Crippen LogP contribution in [0.5, 0.6) is 0 Å². The topological polar surface area (TPSA) is 75.4 Å². The molecule has 138 valence electrons. The highest BCUT2D eigenvalue weighted by Crippen LogP contribution is 2.46. The number of anilines is 1. The minimum absolute atomic E-state index is 0.0890. The van der Waals surface area contributed by atoms with Crippen LogP contribution in [0.15, 0.2) is 29.2 Å². The largest absolute Gasteiger partial charge is 0.368 e. The average molecular weight is 364 g/mol. The Kier molecular flexibility index (Phi) is 4.77. The lowest BCUT2D eigenvalue weighted by Gasteiger charge is -2.38. The Bertz CT molecular complexity index is 698. The first-order chi connectivity index (χ1) is 12.0. The van der Waals surface area contributed by atoms with E-state index in [0.717, 1.165) is 49.9 Å². The zero-order chi connectivity index (χ0) is 17.4. The van der Waals surface area contributed by atoms with Gasteiger partial charge in [0.05, 0.1) is 4.90 Å². The first kappa shape index (κ1) is 17.3. The maximum absolute atomic E-state index is 12.8. The van der Waals surface area contributed by atoms with Crippen LogP contribution in [0.4, 0.5) is 5.69 Å². The third-order valence-corrected chi connectivity index (χ3v) is 7.56. The number of nitrogens with one attached hydrogen (secondary N) is 1. The second-order valence-electron chi connectivity index (χ2n) is 8.11. The Balaban J connectivity index is 1.41. The van der Waals surface area contributed by atoms with Gasteiger partial charge in [-0.05, 0) is 55.4 Å². The number of sulfonamides is 1. The molecule has 5 nitrogen and oxygen atoms in total. The molecular weight excluding hydrogens is 334 g/mol. The van der Waals surface area contributed by atoms with E-state index in [-0.39, 0.29) is 12.1 Å². The van der Waals surface area contributed by atoms with Crippen molar-refractivity contribution < 1.29 is 8.42 Å². The molecule has 3 unspecified atom stereocenters. The minimum atomic E-state index is -3.44. The molecule has 0 bridgehead atoms. The molecular formula is C19H29N3O2S. The second-order valence-corrected chi connectivity index (χ2v) is 9.82. The molecule has 4 rings (SSSR count). The fourth-order valence-electron chi connectivity index (χ4n) is 4.36. The SMILES string of the molecule is NC1CN(c2ccc(S(=O)(=O)NC3CCCCCC4CC4C3)cc2)C1. The highest BCUT2D eigenvalue weighted by Gasteiger charge is 2.39. The van der Waals surface area contributed by atoms with E-state index in [1.807, 2.05) is 12.1 Å². The molecule has 1 aromatic rings. The number of nitrogens with two attached hydrogens (primary N) is 1. The van der Waals surface area contributed by atoms with Gasteiger partial charge in [0.25, 0.3) is 0 Å². The Labute approximate surface area is 151 Å². The number of benzene rings is 1. The van der Waals surface area contributed by atoms with E-state index in [0.29, 0.717) is 4.90 Å². The van der Waals surface area contributed by atoms with Crippen LogP contribution in [0, 0.1) is 11.8 Å². The first-order valence-electron chi connectivity index (χ1n) is 9.64. The summed E-state index contributed by atoms with van der Waals surface area (Å²) in [5.74, 6) is 1.59. The van der Waals surface area contributed by atoms with E-state index in [4.69, 9.17) is 5.73 Å². The molecule has 0 spiro atoms. The highest BCUT2D eigenvalue weighted by atomic mass is 32.2. The number of rotatable bonds is 4. The van der Waals surface area contributed by atoms with Crippen molar-refractivity contribution in [2.24, 2.45) is 17.6 Å². The van der Waals surface area contributed by atoms with Gasteiger partial charge in [-0.15, -0.1) is 0 Å². The molecule has 25 heavy (non-hydrogen) atoms. The molecule has 2 aliphatic carbocycles. The summed E-state index contributed by atoms with van der Waals surface area (Å²) in [6.45, 7) is 1.68. The summed E-state index contributed by atoms with van der Waals surface area (Å²) in [4.78, 5) is 2.54. The molecule has 1 aromatic carbocycles. The van der Waals surface area contributed by atoms with Gasteiger partial charge in [-0.2, -0.15) is 0 Å². The molecule has 6 heteroatoms. The summed E-state index contributed by atoms with van der Waals surface area (Å²) in [5.41, 5.74) is 6.86. The van der Waals surface area contributed by atoms with Crippen molar-refractivity contribution in [1.82, 2.24) is 4.72 Å². The van der Waals surface area contributed by atoms with Crippen LogP contribution in [0.2, 0.25) is 0 Å². The number of fused-ring (bicyclic) bond motifs is 1. The van der Waals surface area contributed by atoms with E-state index in [1.165, 1.54) is 25.7 Å². The van der Waals surface area contributed by atoms with Crippen molar-refractivity contribution in [2.75, 3.05) is 18.0 Å². The van der Waals surface area contributed by atoms with Crippen LogP contribution < -0.4 is 15.4 Å². The summed E-state index contributed by atoms with van der Waals surface area (Å²) in [6.07, 6.45) is 8.27. The second kappa shape index (κ2) is 6.89. The minimum Gasteiger partial charge on any atom is -0.368 e. The van der Waals surface area contributed by atoms with Gasteiger partial charge >= 0.3 is 0 Å². The fourth-order valence-corrected chi connectivity index (χ4v) is 5.65. The zero-order valence-corrected chi connectivity index (χ0v) is 15.5. The molecule has 0 radical (unpaired) electrons. The molecule has 1 heterocycles. The van der Waals surface area contributed by atoms with E-state index < -0.39 is 10.0 Å². The standard InChI is InChI=1S/C19H29N3O2S/c20-16-12-22(13-16)18-6-8-19(9-7-18)25(23,24)21-17-5-3-1-2-4-14-10-15(14)11-17/h6-9,14-17,21H,1-5,10-13,20H2. The fraction of sp³-hybridized carbons (Fsp3) is 0.684. The molecule has 3 fully saturated rings. The van der Waals surface area contributed by atoms with E-state index in [2.05, 4.69) is 9.62 Å². The number of hydrogen-bond donors (Lipinski definition) is 2. The smallest absolute Gasteiger partial charge is 0.240 e. The van der Waals surface area contributed by atoms with Crippen molar-refractivity contribution in [2.45, 2.75) is 61.9 Å². The normalized spacial score (nSPS) is 30.6. The van der Waals surface area contributed by atoms with Crippen LogP contribution >= 0.6 is 0 Å². The Morgan fingerprint density at radius 2 is 1.68 bits per heavy atom. The van der Waals surface area contributed by atoms with Gasteiger partial charge in [0.2, 0.25) is 10.0 Å². The van der Waals surface area contributed by atoms with Crippen molar-refractivity contribution in [3.63, 3.8) is 0 Å². The Morgan fingerprint density at radius 3 is 2.40 bits per heavy atom. The van der Waals surface area contributed by atoms with Crippen LogP contribution in [0.25, 0.3) is 0 Å². The highest BCUT2D eigenvalue weighted by molar-refractivity contribution is 7.89. The summed E-state index contributed by atoms with van der Waals surface area (Å²) < 4.78 is 28.5. The molecule has 3 N–H and O–H groups in total. The Hall–Kier alpha value is -1.11. The van der Waals surface area contributed by atoms with Crippen LogP contribution in [-0.2, 0) is 10.0 Å². The van der Waals surface area contributed by atoms with E-state index in [9.17, 15) is 8.42 Å². The third kappa shape index (κ3) is 4.01. The molecule has 2 saturated carbocycles.